The lowest BCUT2D eigenvalue weighted by Gasteiger charge is -2.32. The number of carbonyl (C=O) groups excluding carboxylic acids is 1. The Kier molecular flexibility index (Phi) is 6.16. The first kappa shape index (κ1) is 18.7. The van der Waals surface area contributed by atoms with Gasteiger partial charge in [0.25, 0.3) is 0 Å². The van der Waals surface area contributed by atoms with Gasteiger partial charge >= 0.3 is 6.03 Å². The van der Waals surface area contributed by atoms with Gasteiger partial charge in [-0.05, 0) is 26.7 Å². The van der Waals surface area contributed by atoms with E-state index in [0.29, 0.717) is 38.9 Å². The number of likely N-dealkylation sites (tertiary alicyclic amines) is 1. The second kappa shape index (κ2) is 7.93. The Hall–Kier alpha value is -1.68. The van der Waals surface area contributed by atoms with Gasteiger partial charge in [-0.25, -0.2) is 17.9 Å². The molecule has 2 rings (SSSR count). The Balaban J connectivity index is 1.73. The molecule has 0 aromatic carbocycles. The highest BCUT2D eigenvalue weighted by Gasteiger charge is 2.24. The molecule has 1 saturated heterocycles. The molecule has 0 spiro atoms. The molecule has 0 radical (unpaired) electrons. The molecular weight excluding hydrogens is 332 g/mol. The smallest absolute Gasteiger partial charge is 0.317 e. The van der Waals surface area contributed by atoms with E-state index in [1.54, 1.807) is 11.2 Å². The van der Waals surface area contributed by atoms with Crippen molar-refractivity contribution in [3.8, 4) is 0 Å². The van der Waals surface area contributed by atoms with Crippen LogP contribution in [0.5, 0.6) is 0 Å². The topological polar surface area (TPSA) is 109 Å². The molecule has 1 aliphatic heterocycles. The summed E-state index contributed by atoms with van der Waals surface area (Å²) in [5.41, 5.74) is 0. The molecule has 2 heterocycles. The lowest BCUT2D eigenvalue weighted by Crippen LogP contribution is -2.49. The number of hydrogen-bond acceptors (Lipinski definition) is 5. The molecule has 10 heteroatoms. The minimum atomic E-state index is -3.20. The maximum absolute atomic E-state index is 12.2. The standard InChI is InChI=1S/C14H26N6O3S/c1-11(2)20-10-16-17-13(20)4-7-15-14(21)19-8-5-12(6-9-19)18-24(3,22)23/h10-12,18H,4-9H2,1-3H3,(H,15,21). The van der Waals surface area contributed by atoms with Gasteiger partial charge in [0, 0.05) is 38.1 Å². The molecular formula is C14H26N6O3S. The fourth-order valence-corrected chi connectivity index (χ4v) is 3.61. The summed E-state index contributed by atoms with van der Waals surface area (Å²) in [6.07, 6.45) is 4.73. The third-order valence-corrected chi connectivity index (χ3v) is 4.75. The molecule has 9 nitrogen and oxygen atoms in total. The van der Waals surface area contributed by atoms with Crippen LogP contribution in [0.1, 0.15) is 38.6 Å². The van der Waals surface area contributed by atoms with Crippen LogP contribution in [0.25, 0.3) is 0 Å². The summed E-state index contributed by atoms with van der Waals surface area (Å²) in [4.78, 5) is 13.9. The number of rotatable bonds is 6. The van der Waals surface area contributed by atoms with Crippen molar-refractivity contribution >= 4 is 16.1 Å². The predicted octanol–water partition coefficient (Wildman–Crippen LogP) is 0.125. The second-order valence-electron chi connectivity index (χ2n) is 6.38. The molecule has 0 saturated carbocycles. The maximum atomic E-state index is 12.2. The number of nitrogens with zero attached hydrogens (tertiary/aromatic N) is 4. The zero-order valence-corrected chi connectivity index (χ0v) is 15.2. The van der Waals surface area contributed by atoms with Crippen LogP contribution >= 0.6 is 0 Å². The van der Waals surface area contributed by atoms with E-state index in [0.717, 1.165) is 12.1 Å². The van der Waals surface area contributed by atoms with Crippen LogP contribution in [0, 0.1) is 0 Å². The lowest BCUT2D eigenvalue weighted by atomic mass is 10.1. The van der Waals surface area contributed by atoms with Crippen LogP contribution in [0.3, 0.4) is 0 Å². The Morgan fingerprint density at radius 3 is 2.62 bits per heavy atom. The van der Waals surface area contributed by atoms with Crippen molar-refractivity contribution in [3.05, 3.63) is 12.2 Å². The van der Waals surface area contributed by atoms with Gasteiger partial charge in [-0.2, -0.15) is 0 Å². The maximum Gasteiger partial charge on any atom is 0.317 e. The molecule has 136 valence electrons. The number of sulfonamides is 1. The first-order valence-electron chi connectivity index (χ1n) is 8.14. The minimum Gasteiger partial charge on any atom is -0.338 e. The Bertz CT molecular complexity index is 649. The van der Waals surface area contributed by atoms with Crippen LogP contribution in [0.15, 0.2) is 6.33 Å². The molecule has 0 atom stereocenters. The normalized spacial score (nSPS) is 16.6. The first-order chi connectivity index (χ1) is 11.3. The third kappa shape index (κ3) is 5.45. The van der Waals surface area contributed by atoms with Gasteiger partial charge in [-0.1, -0.05) is 0 Å². The fraction of sp³-hybridized carbons (Fsp3) is 0.786. The molecule has 0 unspecified atom stereocenters. The Morgan fingerprint density at radius 1 is 1.38 bits per heavy atom. The summed E-state index contributed by atoms with van der Waals surface area (Å²) in [5.74, 6) is 0.848. The number of piperidine rings is 1. The van der Waals surface area contributed by atoms with E-state index in [1.807, 2.05) is 4.57 Å². The summed E-state index contributed by atoms with van der Waals surface area (Å²) in [7, 11) is -3.20. The third-order valence-electron chi connectivity index (χ3n) is 3.99. The van der Waals surface area contributed by atoms with E-state index in [-0.39, 0.29) is 18.1 Å². The number of amides is 2. The molecule has 1 aromatic heterocycles. The quantitative estimate of drug-likeness (QED) is 0.751. The predicted molar refractivity (Wildman–Crippen MR) is 90.1 cm³/mol. The van der Waals surface area contributed by atoms with E-state index in [4.69, 9.17) is 0 Å². The van der Waals surface area contributed by atoms with Crippen LogP contribution in [0.2, 0.25) is 0 Å². The van der Waals surface area contributed by atoms with E-state index >= 15 is 0 Å². The van der Waals surface area contributed by atoms with E-state index in [2.05, 4.69) is 34.1 Å². The molecule has 2 N–H and O–H groups in total. The lowest BCUT2D eigenvalue weighted by molar-refractivity contribution is 0.180. The summed E-state index contributed by atoms with van der Waals surface area (Å²) >= 11 is 0. The molecule has 1 aromatic rings. The SMILES string of the molecule is CC(C)n1cnnc1CCNC(=O)N1CCC(NS(C)(=O)=O)CC1. The largest absolute Gasteiger partial charge is 0.338 e. The summed E-state index contributed by atoms with van der Waals surface area (Å²) in [5, 5.41) is 10.9. The van der Waals surface area contributed by atoms with Gasteiger partial charge in [-0.15, -0.1) is 10.2 Å². The molecule has 0 bridgehead atoms. The van der Waals surface area contributed by atoms with E-state index < -0.39 is 10.0 Å². The highest BCUT2D eigenvalue weighted by atomic mass is 32.2. The summed E-state index contributed by atoms with van der Waals surface area (Å²) < 4.78 is 27.0. The van der Waals surface area contributed by atoms with E-state index in [9.17, 15) is 13.2 Å². The minimum absolute atomic E-state index is 0.0892. The van der Waals surface area contributed by atoms with Crippen molar-refractivity contribution in [1.82, 2.24) is 29.7 Å². The van der Waals surface area contributed by atoms with Crippen molar-refractivity contribution in [3.63, 3.8) is 0 Å². The Morgan fingerprint density at radius 2 is 2.04 bits per heavy atom. The van der Waals surface area contributed by atoms with Crippen molar-refractivity contribution in [2.24, 2.45) is 0 Å². The average Bonchev–Trinajstić information content (AvgIpc) is 2.95. The second-order valence-corrected chi connectivity index (χ2v) is 8.16. The molecule has 24 heavy (non-hydrogen) atoms. The Labute approximate surface area is 142 Å². The molecule has 1 fully saturated rings. The number of urea groups is 1. The average molecular weight is 358 g/mol. The molecule has 2 amide bonds. The molecule has 1 aliphatic rings. The van der Waals surface area contributed by atoms with Crippen LogP contribution < -0.4 is 10.0 Å². The van der Waals surface area contributed by atoms with Crippen molar-refractivity contribution in [2.75, 3.05) is 25.9 Å². The van der Waals surface area contributed by atoms with Gasteiger partial charge in [0.2, 0.25) is 10.0 Å². The highest BCUT2D eigenvalue weighted by molar-refractivity contribution is 7.88. The van der Waals surface area contributed by atoms with Crippen LogP contribution in [-0.2, 0) is 16.4 Å². The fourth-order valence-electron chi connectivity index (χ4n) is 2.77. The summed E-state index contributed by atoms with van der Waals surface area (Å²) in [6.45, 7) is 5.69. The number of hydrogen-bond donors (Lipinski definition) is 2. The number of nitrogens with one attached hydrogen (secondary N) is 2. The van der Waals surface area contributed by atoms with Gasteiger partial charge in [0.1, 0.15) is 12.2 Å². The van der Waals surface area contributed by atoms with Crippen molar-refractivity contribution < 1.29 is 13.2 Å². The van der Waals surface area contributed by atoms with Gasteiger partial charge in [-0.3, -0.25) is 0 Å². The van der Waals surface area contributed by atoms with Gasteiger partial charge in [0.05, 0.1) is 6.26 Å². The van der Waals surface area contributed by atoms with Gasteiger partial charge < -0.3 is 14.8 Å². The van der Waals surface area contributed by atoms with E-state index in [1.165, 1.54) is 0 Å². The number of aromatic nitrogens is 3. The van der Waals surface area contributed by atoms with Crippen LogP contribution in [0.4, 0.5) is 4.79 Å². The van der Waals surface area contributed by atoms with Crippen LogP contribution in [-0.4, -0.2) is 66.0 Å². The molecule has 0 aliphatic carbocycles. The first-order valence-corrected chi connectivity index (χ1v) is 10.0. The number of carbonyl (C=O) groups is 1. The van der Waals surface area contributed by atoms with Gasteiger partial charge in [0.15, 0.2) is 0 Å². The summed E-state index contributed by atoms with van der Waals surface area (Å²) in [6, 6.07) is 0.0733. The zero-order chi connectivity index (χ0) is 17.7. The highest BCUT2D eigenvalue weighted by Crippen LogP contribution is 2.11. The van der Waals surface area contributed by atoms with Crippen molar-refractivity contribution in [1.29, 1.82) is 0 Å². The zero-order valence-electron chi connectivity index (χ0n) is 14.4. The van der Waals surface area contributed by atoms with Crippen molar-refractivity contribution in [2.45, 2.75) is 45.2 Å². The monoisotopic (exact) mass is 358 g/mol.